The van der Waals surface area contributed by atoms with Gasteiger partial charge in [-0.3, -0.25) is 9.59 Å². The summed E-state index contributed by atoms with van der Waals surface area (Å²) in [6, 6.07) is 7.46. The van der Waals surface area contributed by atoms with E-state index in [4.69, 9.17) is 5.26 Å². The van der Waals surface area contributed by atoms with Gasteiger partial charge in [0.1, 0.15) is 12.4 Å². The summed E-state index contributed by atoms with van der Waals surface area (Å²) in [4.78, 5) is 24.0. The first-order valence-electron chi connectivity index (χ1n) is 5.19. The Morgan fingerprint density at radius 3 is 2.83 bits per heavy atom. The van der Waals surface area contributed by atoms with Crippen LogP contribution in [0, 0.1) is 17.1 Å². The molecule has 0 radical (unpaired) electrons. The Hall–Kier alpha value is -2.42. The molecule has 6 heteroatoms. The highest BCUT2D eigenvalue weighted by atomic mass is 19.1. The van der Waals surface area contributed by atoms with Crippen molar-refractivity contribution < 1.29 is 14.0 Å². The van der Waals surface area contributed by atoms with Crippen LogP contribution in [0.25, 0.3) is 0 Å². The maximum absolute atomic E-state index is 12.9. The molecule has 1 aromatic rings. The monoisotopic (exact) mass is 249 g/mol. The van der Waals surface area contributed by atoms with Crippen LogP contribution in [-0.4, -0.2) is 30.3 Å². The van der Waals surface area contributed by atoms with Crippen LogP contribution >= 0.6 is 0 Å². The molecule has 1 aromatic carbocycles. The summed E-state index contributed by atoms with van der Waals surface area (Å²) in [7, 11) is 1.43. The minimum Gasteiger partial charge on any atom is -0.335 e. The third-order valence-corrected chi connectivity index (χ3v) is 2.18. The quantitative estimate of drug-likeness (QED) is 0.623. The third kappa shape index (κ3) is 3.87. The van der Waals surface area contributed by atoms with Crippen LogP contribution in [0.4, 0.5) is 4.39 Å². The van der Waals surface area contributed by atoms with Crippen molar-refractivity contribution in [3.63, 3.8) is 0 Å². The van der Waals surface area contributed by atoms with Crippen molar-refractivity contribution in [2.45, 2.75) is 6.54 Å². The van der Waals surface area contributed by atoms with Crippen LogP contribution < -0.4 is 5.32 Å². The zero-order valence-electron chi connectivity index (χ0n) is 9.81. The van der Waals surface area contributed by atoms with Gasteiger partial charge in [0.2, 0.25) is 0 Å². The second-order valence-electron chi connectivity index (χ2n) is 3.63. The zero-order valence-corrected chi connectivity index (χ0v) is 9.81. The molecule has 0 spiro atoms. The Morgan fingerprint density at radius 2 is 2.22 bits per heavy atom. The SMILES string of the molecule is CN(Cc1cccc(F)c1)C(=O)C(=O)NCC#N. The zero-order chi connectivity index (χ0) is 13.5. The molecule has 5 nitrogen and oxygen atoms in total. The number of rotatable bonds is 3. The summed E-state index contributed by atoms with van der Waals surface area (Å²) in [5.41, 5.74) is 0.582. The molecule has 0 aliphatic heterocycles. The molecule has 0 saturated carbocycles. The van der Waals surface area contributed by atoms with Gasteiger partial charge in [0.25, 0.3) is 0 Å². The van der Waals surface area contributed by atoms with E-state index < -0.39 is 17.6 Å². The molecule has 0 atom stereocenters. The van der Waals surface area contributed by atoms with Crippen molar-refractivity contribution >= 4 is 11.8 Å². The van der Waals surface area contributed by atoms with Gasteiger partial charge in [-0.25, -0.2) is 4.39 Å². The van der Waals surface area contributed by atoms with E-state index in [1.807, 2.05) is 0 Å². The van der Waals surface area contributed by atoms with Crippen molar-refractivity contribution in [1.29, 1.82) is 5.26 Å². The second kappa shape index (κ2) is 6.35. The highest BCUT2D eigenvalue weighted by Crippen LogP contribution is 2.06. The van der Waals surface area contributed by atoms with Crippen molar-refractivity contribution in [3.8, 4) is 6.07 Å². The molecule has 0 fully saturated rings. The maximum Gasteiger partial charge on any atom is 0.311 e. The standard InChI is InChI=1S/C12H12FN3O2/c1-16(12(18)11(17)15-6-5-14)8-9-3-2-4-10(13)7-9/h2-4,7H,6,8H2,1H3,(H,15,17). The van der Waals surface area contributed by atoms with E-state index in [0.29, 0.717) is 5.56 Å². The lowest BCUT2D eigenvalue weighted by Gasteiger charge is -2.16. The van der Waals surface area contributed by atoms with E-state index in [0.717, 1.165) is 4.90 Å². The smallest absolute Gasteiger partial charge is 0.311 e. The number of halogens is 1. The minimum atomic E-state index is -0.851. The minimum absolute atomic E-state index is 0.122. The lowest BCUT2D eigenvalue weighted by molar-refractivity contribution is -0.145. The van der Waals surface area contributed by atoms with Crippen LogP contribution in [0.5, 0.6) is 0 Å². The first kappa shape index (κ1) is 13.6. The number of likely N-dealkylation sites (N-methyl/N-ethyl adjacent to an activating group) is 1. The molecule has 0 unspecified atom stereocenters. The second-order valence-corrected chi connectivity index (χ2v) is 3.63. The van der Waals surface area contributed by atoms with Gasteiger partial charge in [-0.1, -0.05) is 12.1 Å². The Balaban J connectivity index is 2.60. The highest BCUT2D eigenvalue weighted by molar-refractivity contribution is 6.34. The van der Waals surface area contributed by atoms with Gasteiger partial charge >= 0.3 is 11.8 Å². The molecule has 0 aliphatic carbocycles. The first-order valence-corrected chi connectivity index (χ1v) is 5.19. The summed E-state index contributed by atoms with van der Waals surface area (Å²) in [5, 5.41) is 10.4. The van der Waals surface area contributed by atoms with Crippen LogP contribution in [0.1, 0.15) is 5.56 Å². The number of nitriles is 1. The van der Waals surface area contributed by atoms with Crippen LogP contribution in [0.3, 0.4) is 0 Å². The van der Waals surface area contributed by atoms with Crippen molar-refractivity contribution in [2.75, 3.05) is 13.6 Å². The molecule has 18 heavy (non-hydrogen) atoms. The molecule has 0 aromatic heterocycles. The number of nitrogens with one attached hydrogen (secondary N) is 1. The van der Waals surface area contributed by atoms with Gasteiger partial charge in [-0.2, -0.15) is 5.26 Å². The molecular weight excluding hydrogens is 237 g/mol. The Labute approximate surface area is 104 Å². The average Bonchev–Trinajstić information content (AvgIpc) is 2.35. The lowest BCUT2D eigenvalue weighted by atomic mass is 10.2. The van der Waals surface area contributed by atoms with Gasteiger partial charge in [0.15, 0.2) is 0 Å². The molecule has 1 N–H and O–H groups in total. The molecule has 0 heterocycles. The number of amides is 2. The molecule has 2 amide bonds. The topological polar surface area (TPSA) is 73.2 Å². The summed E-state index contributed by atoms with van der Waals surface area (Å²) in [6.45, 7) is -0.102. The van der Waals surface area contributed by atoms with Crippen LogP contribution in [0.15, 0.2) is 24.3 Å². The fraction of sp³-hybridized carbons (Fsp3) is 0.250. The van der Waals surface area contributed by atoms with E-state index in [-0.39, 0.29) is 13.1 Å². The lowest BCUT2D eigenvalue weighted by Crippen LogP contribution is -2.40. The number of nitrogens with zero attached hydrogens (tertiary/aromatic N) is 2. The van der Waals surface area contributed by atoms with E-state index in [2.05, 4.69) is 5.32 Å². The van der Waals surface area contributed by atoms with Crippen molar-refractivity contribution in [2.24, 2.45) is 0 Å². The molecule has 0 bridgehead atoms. The molecular formula is C12H12FN3O2. The highest BCUT2D eigenvalue weighted by Gasteiger charge is 2.18. The Morgan fingerprint density at radius 1 is 1.50 bits per heavy atom. The number of hydrogen-bond donors (Lipinski definition) is 1. The third-order valence-electron chi connectivity index (χ3n) is 2.18. The predicted octanol–water partition coefficient (Wildman–Crippen LogP) is 0.424. The number of carbonyl (C=O) groups is 2. The summed E-state index contributed by atoms with van der Waals surface area (Å²) in [5.74, 6) is -2.02. The fourth-order valence-corrected chi connectivity index (χ4v) is 1.35. The fourth-order valence-electron chi connectivity index (χ4n) is 1.35. The van der Waals surface area contributed by atoms with E-state index in [1.165, 1.54) is 25.2 Å². The van der Waals surface area contributed by atoms with Gasteiger partial charge in [-0.05, 0) is 17.7 Å². The maximum atomic E-state index is 12.9. The van der Waals surface area contributed by atoms with Gasteiger partial charge < -0.3 is 10.2 Å². The summed E-state index contributed by atoms with van der Waals surface area (Å²) in [6.07, 6.45) is 0. The van der Waals surface area contributed by atoms with E-state index in [1.54, 1.807) is 12.1 Å². The number of benzene rings is 1. The number of hydrogen-bond acceptors (Lipinski definition) is 3. The van der Waals surface area contributed by atoms with E-state index >= 15 is 0 Å². The molecule has 0 saturated heterocycles. The summed E-state index contributed by atoms with van der Waals surface area (Å²) < 4.78 is 12.9. The Kier molecular flexibility index (Phi) is 4.81. The average molecular weight is 249 g/mol. The van der Waals surface area contributed by atoms with E-state index in [9.17, 15) is 14.0 Å². The van der Waals surface area contributed by atoms with Crippen molar-refractivity contribution in [1.82, 2.24) is 10.2 Å². The Bertz CT molecular complexity index is 496. The number of carbonyl (C=O) groups excluding carboxylic acids is 2. The van der Waals surface area contributed by atoms with Gasteiger partial charge in [0.05, 0.1) is 6.07 Å². The van der Waals surface area contributed by atoms with Gasteiger partial charge in [0, 0.05) is 13.6 Å². The molecule has 0 aliphatic rings. The van der Waals surface area contributed by atoms with Crippen LogP contribution in [0.2, 0.25) is 0 Å². The van der Waals surface area contributed by atoms with Gasteiger partial charge in [-0.15, -0.1) is 0 Å². The largest absolute Gasteiger partial charge is 0.335 e. The summed E-state index contributed by atoms with van der Waals surface area (Å²) >= 11 is 0. The van der Waals surface area contributed by atoms with Crippen LogP contribution in [-0.2, 0) is 16.1 Å². The normalized spacial score (nSPS) is 9.39. The first-order chi connectivity index (χ1) is 8.54. The molecule has 94 valence electrons. The molecule has 1 rings (SSSR count). The predicted molar refractivity (Wildman–Crippen MR) is 61.5 cm³/mol. The van der Waals surface area contributed by atoms with Crippen molar-refractivity contribution in [3.05, 3.63) is 35.6 Å².